The monoisotopic (exact) mass is 294 g/mol. The van der Waals surface area contributed by atoms with Crippen molar-refractivity contribution in [2.24, 2.45) is 0 Å². The van der Waals surface area contributed by atoms with Crippen LogP contribution in [0.25, 0.3) is 0 Å². The van der Waals surface area contributed by atoms with Crippen molar-refractivity contribution in [1.82, 2.24) is 10.6 Å². The lowest BCUT2D eigenvalue weighted by Crippen LogP contribution is -2.43. The topological polar surface area (TPSA) is 113 Å². The Bertz CT molecular complexity index is 405. The Hall–Kier alpha value is -1.15. The molecule has 0 radical (unpaired) electrons. The Balaban J connectivity index is 4.20. The number of carboxylic acids is 1. The number of amides is 1. The summed E-state index contributed by atoms with van der Waals surface area (Å²) in [7, 11) is -3.24. The van der Waals surface area contributed by atoms with Crippen molar-refractivity contribution in [3.05, 3.63) is 0 Å². The number of carbonyl (C=O) groups excluding carboxylic acids is 1. The first kappa shape index (κ1) is 17.8. The van der Waals surface area contributed by atoms with Crippen LogP contribution >= 0.6 is 0 Å². The number of hydrogen-bond donors (Lipinski definition) is 3. The van der Waals surface area contributed by atoms with Crippen molar-refractivity contribution in [3.8, 4) is 0 Å². The lowest BCUT2D eigenvalue weighted by atomic mass is 10.2. The van der Waals surface area contributed by atoms with E-state index < -0.39 is 27.8 Å². The van der Waals surface area contributed by atoms with Gasteiger partial charge in [-0.15, -0.1) is 0 Å². The van der Waals surface area contributed by atoms with E-state index in [1.54, 1.807) is 0 Å². The van der Waals surface area contributed by atoms with Crippen molar-refractivity contribution in [3.63, 3.8) is 0 Å². The fourth-order valence-electron chi connectivity index (χ4n) is 1.33. The molecule has 0 rings (SSSR count). The molecule has 0 aliphatic rings. The minimum atomic E-state index is -3.24. The molecule has 19 heavy (non-hydrogen) atoms. The van der Waals surface area contributed by atoms with E-state index in [0.29, 0.717) is 6.54 Å². The summed E-state index contributed by atoms with van der Waals surface area (Å²) >= 11 is 0. The highest BCUT2D eigenvalue weighted by molar-refractivity contribution is 7.90. The van der Waals surface area contributed by atoms with E-state index in [4.69, 9.17) is 5.11 Å². The number of sulfone groups is 1. The molecule has 3 N–H and O–H groups in total. The van der Waals surface area contributed by atoms with Gasteiger partial charge in [0.25, 0.3) is 0 Å². The molecule has 0 heterocycles. The van der Waals surface area contributed by atoms with Crippen LogP contribution in [-0.2, 0) is 19.4 Å². The largest absolute Gasteiger partial charge is 0.480 e. The van der Waals surface area contributed by atoms with E-state index in [2.05, 4.69) is 10.6 Å². The Kier molecular flexibility index (Phi) is 7.62. The van der Waals surface area contributed by atoms with Crippen molar-refractivity contribution in [2.45, 2.75) is 38.8 Å². The Morgan fingerprint density at radius 2 is 1.84 bits per heavy atom. The molecule has 0 fully saturated rings. The zero-order chi connectivity index (χ0) is 15.1. The van der Waals surface area contributed by atoms with Crippen LogP contribution in [0.2, 0.25) is 0 Å². The fourth-order valence-corrected chi connectivity index (χ4v) is 1.99. The van der Waals surface area contributed by atoms with Crippen LogP contribution in [0.3, 0.4) is 0 Å². The number of rotatable bonds is 9. The van der Waals surface area contributed by atoms with E-state index in [9.17, 15) is 18.0 Å². The van der Waals surface area contributed by atoms with Crippen molar-refractivity contribution >= 4 is 21.7 Å². The molecule has 0 aromatic heterocycles. The lowest BCUT2D eigenvalue weighted by molar-refractivity contribution is -0.141. The quantitative estimate of drug-likeness (QED) is 0.522. The Morgan fingerprint density at radius 3 is 2.26 bits per heavy atom. The van der Waals surface area contributed by atoms with E-state index in [1.165, 1.54) is 0 Å². The second-order valence-corrected chi connectivity index (χ2v) is 7.00. The molecule has 0 aliphatic carbocycles. The summed E-state index contributed by atoms with van der Waals surface area (Å²) in [6, 6.07) is -0.922. The fraction of sp³-hybridized carbons (Fsp3) is 0.818. The molecule has 1 atom stereocenters. The van der Waals surface area contributed by atoms with Crippen LogP contribution < -0.4 is 10.6 Å². The summed E-state index contributed by atoms with van der Waals surface area (Å²) < 4.78 is 22.0. The molecule has 112 valence electrons. The number of carbonyl (C=O) groups is 2. The van der Waals surface area contributed by atoms with Gasteiger partial charge in [-0.25, -0.2) is 13.2 Å². The molecule has 8 heteroatoms. The first-order valence-corrected chi connectivity index (χ1v) is 8.11. The molecular weight excluding hydrogens is 272 g/mol. The van der Waals surface area contributed by atoms with Crippen LogP contribution in [0, 0.1) is 0 Å². The lowest BCUT2D eigenvalue weighted by Gasteiger charge is -2.14. The maximum Gasteiger partial charge on any atom is 0.326 e. The summed E-state index contributed by atoms with van der Waals surface area (Å²) in [4.78, 5) is 22.4. The Morgan fingerprint density at radius 1 is 1.26 bits per heavy atom. The van der Waals surface area contributed by atoms with E-state index >= 15 is 0 Å². The van der Waals surface area contributed by atoms with Crippen molar-refractivity contribution in [1.29, 1.82) is 0 Å². The molecule has 0 spiro atoms. The standard InChI is InChI=1S/C11H22N2O5S/c1-8(2)12-6-4-10(14)13-9(11(15)16)5-7-19(3,17)18/h8-9,12H,4-7H2,1-3H3,(H,13,14)(H,15,16). The molecular formula is C11H22N2O5S. The van der Waals surface area contributed by atoms with Gasteiger partial charge in [-0.2, -0.15) is 0 Å². The second kappa shape index (κ2) is 8.11. The highest BCUT2D eigenvalue weighted by Crippen LogP contribution is 1.98. The van der Waals surface area contributed by atoms with Crippen LogP contribution in [0.4, 0.5) is 0 Å². The van der Waals surface area contributed by atoms with Crippen LogP contribution in [0.1, 0.15) is 26.7 Å². The first-order valence-electron chi connectivity index (χ1n) is 6.05. The maximum absolute atomic E-state index is 11.5. The van der Waals surface area contributed by atoms with Gasteiger partial charge < -0.3 is 15.7 Å². The van der Waals surface area contributed by atoms with Gasteiger partial charge in [0.05, 0.1) is 5.75 Å². The predicted molar refractivity (Wildman–Crippen MR) is 71.7 cm³/mol. The molecule has 1 amide bonds. The molecule has 0 aromatic carbocycles. The average Bonchev–Trinajstić information content (AvgIpc) is 2.21. The third-order valence-corrected chi connectivity index (χ3v) is 3.29. The van der Waals surface area contributed by atoms with Gasteiger partial charge >= 0.3 is 5.97 Å². The molecule has 1 unspecified atom stereocenters. The zero-order valence-corrected chi connectivity index (χ0v) is 12.3. The van der Waals surface area contributed by atoms with E-state index in [1.807, 2.05) is 13.8 Å². The average molecular weight is 294 g/mol. The van der Waals surface area contributed by atoms with Gasteiger partial charge in [0.15, 0.2) is 0 Å². The normalized spacial score (nSPS) is 13.3. The number of hydrogen-bond acceptors (Lipinski definition) is 5. The van der Waals surface area contributed by atoms with Gasteiger partial charge in [0.2, 0.25) is 5.91 Å². The number of nitrogens with one attached hydrogen (secondary N) is 2. The van der Waals surface area contributed by atoms with Crippen LogP contribution in [-0.4, -0.2) is 56.0 Å². The second-order valence-electron chi connectivity index (χ2n) is 4.74. The zero-order valence-electron chi connectivity index (χ0n) is 11.5. The van der Waals surface area contributed by atoms with Gasteiger partial charge in [-0.1, -0.05) is 13.8 Å². The minimum Gasteiger partial charge on any atom is -0.480 e. The summed E-state index contributed by atoms with van der Waals surface area (Å²) in [6.07, 6.45) is 1.05. The smallest absolute Gasteiger partial charge is 0.326 e. The molecule has 0 saturated carbocycles. The number of carboxylic acid groups (broad SMARTS) is 1. The van der Waals surface area contributed by atoms with Crippen LogP contribution in [0.15, 0.2) is 0 Å². The summed E-state index contributed by atoms with van der Waals surface area (Å²) in [5.41, 5.74) is 0. The molecule has 0 aromatic rings. The third kappa shape index (κ3) is 10.5. The van der Waals surface area contributed by atoms with E-state index in [-0.39, 0.29) is 24.6 Å². The van der Waals surface area contributed by atoms with Gasteiger partial charge in [0.1, 0.15) is 15.9 Å². The highest BCUT2D eigenvalue weighted by Gasteiger charge is 2.21. The Labute approximate surface area is 113 Å². The molecule has 0 aliphatic heterocycles. The summed E-state index contributed by atoms with van der Waals surface area (Å²) in [5, 5.41) is 14.3. The molecule has 7 nitrogen and oxygen atoms in total. The third-order valence-electron chi connectivity index (χ3n) is 2.32. The molecule has 0 saturated heterocycles. The molecule has 0 bridgehead atoms. The number of aliphatic carboxylic acids is 1. The van der Waals surface area contributed by atoms with Crippen molar-refractivity contribution in [2.75, 3.05) is 18.6 Å². The predicted octanol–water partition coefficient (Wildman–Crippen LogP) is -0.621. The van der Waals surface area contributed by atoms with Gasteiger partial charge in [-0.3, -0.25) is 4.79 Å². The first-order chi connectivity index (χ1) is 8.61. The minimum absolute atomic E-state index is 0.127. The summed E-state index contributed by atoms with van der Waals surface area (Å²) in [5.74, 6) is -1.91. The van der Waals surface area contributed by atoms with Crippen LogP contribution in [0.5, 0.6) is 0 Å². The van der Waals surface area contributed by atoms with Gasteiger partial charge in [-0.05, 0) is 6.42 Å². The highest BCUT2D eigenvalue weighted by atomic mass is 32.2. The van der Waals surface area contributed by atoms with E-state index in [0.717, 1.165) is 6.26 Å². The maximum atomic E-state index is 11.5. The SMILES string of the molecule is CC(C)NCCC(=O)NC(CCS(C)(=O)=O)C(=O)O. The van der Waals surface area contributed by atoms with Crippen molar-refractivity contribution < 1.29 is 23.1 Å². The van der Waals surface area contributed by atoms with Gasteiger partial charge in [0, 0.05) is 25.3 Å². The summed E-state index contributed by atoms with van der Waals surface area (Å²) in [6.45, 7) is 4.32.